The number of aromatic nitrogens is 2. The van der Waals surface area contributed by atoms with Gasteiger partial charge in [-0.15, -0.1) is 11.3 Å². The van der Waals surface area contributed by atoms with Crippen LogP contribution in [-0.2, 0) is 11.3 Å². The Kier molecular flexibility index (Phi) is 2.93. The summed E-state index contributed by atoms with van der Waals surface area (Å²) in [6, 6.07) is 0.387. The molecule has 0 atom stereocenters. The molecule has 2 aromatic rings. The number of ether oxygens (including phenoxy) is 1. The van der Waals surface area contributed by atoms with E-state index in [1.807, 2.05) is 13.8 Å². The number of fused-ring (bicyclic) bond motifs is 1. The fourth-order valence-corrected chi connectivity index (χ4v) is 3.03. The van der Waals surface area contributed by atoms with E-state index in [4.69, 9.17) is 4.74 Å². The van der Waals surface area contributed by atoms with E-state index in [0.717, 1.165) is 33.9 Å². The van der Waals surface area contributed by atoms with E-state index in [9.17, 15) is 4.79 Å². The molecule has 0 aromatic carbocycles. The Labute approximate surface area is 108 Å². The third kappa shape index (κ3) is 1.96. The van der Waals surface area contributed by atoms with Crippen LogP contribution in [0, 0.1) is 13.8 Å². The molecular weight excluding hydrogens is 250 g/mol. The van der Waals surface area contributed by atoms with Gasteiger partial charge < -0.3 is 15.0 Å². The van der Waals surface area contributed by atoms with Crippen LogP contribution in [0.25, 0.3) is 10.2 Å². The zero-order valence-corrected chi connectivity index (χ0v) is 11.2. The van der Waals surface area contributed by atoms with Gasteiger partial charge in [0.25, 0.3) is 5.56 Å². The summed E-state index contributed by atoms with van der Waals surface area (Å²) in [6.45, 7) is 6.04. The summed E-state index contributed by atoms with van der Waals surface area (Å²) in [7, 11) is 0. The van der Waals surface area contributed by atoms with Crippen molar-refractivity contribution < 1.29 is 4.74 Å². The maximum Gasteiger partial charge on any atom is 0.259 e. The lowest BCUT2D eigenvalue weighted by Gasteiger charge is -2.26. The second kappa shape index (κ2) is 4.46. The molecule has 0 bridgehead atoms. The summed E-state index contributed by atoms with van der Waals surface area (Å²) in [4.78, 5) is 21.4. The lowest BCUT2D eigenvalue weighted by molar-refractivity contribution is -0.00604. The number of aryl methyl sites for hydroxylation is 2. The molecule has 18 heavy (non-hydrogen) atoms. The van der Waals surface area contributed by atoms with E-state index in [0.29, 0.717) is 18.4 Å². The molecular formula is C12H15N3O2S. The zero-order chi connectivity index (χ0) is 12.7. The number of H-pyrrole nitrogens is 1. The summed E-state index contributed by atoms with van der Waals surface area (Å²) in [5.74, 6) is 0.695. The average molecular weight is 265 g/mol. The summed E-state index contributed by atoms with van der Waals surface area (Å²) >= 11 is 1.58. The van der Waals surface area contributed by atoms with Crippen molar-refractivity contribution in [2.24, 2.45) is 0 Å². The predicted octanol–water partition coefficient (Wildman–Crippen LogP) is 1.09. The Balaban J connectivity index is 1.91. The number of hydrogen-bond acceptors (Lipinski definition) is 5. The first-order valence-electron chi connectivity index (χ1n) is 5.95. The van der Waals surface area contributed by atoms with Crippen LogP contribution in [0.4, 0.5) is 0 Å². The molecule has 2 aromatic heterocycles. The van der Waals surface area contributed by atoms with E-state index in [-0.39, 0.29) is 5.56 Å². The molecule has 1 aliphatic rings. The molecule has 2 N–H and O–H groups in total. The molecule has 1 saturated heterocycles. The molecule has 1 fully saturated rings. The predicted molar refractivity (Wildman–Crippen MR) is 71.2 cm³/mol. The molecule has 3 heterocycles. The minimum atomic E-state index is -0.0384. The Morgan fingerprint density at radius 2 is 2.28 bits per heavy atom. The maximum atomic E-state index is 12.0. The standard InChI is InChI=1S/C12H15N3O2S/c1-6-7(2)18-12-10(6)11(16)14-9(15-12)3-13-8-4-17-5-8/h8,13H,3-5H2,1-2H3,(H,14,15,16). The molecule has 0 saturated carbocycles. The zero-order valence-electron chi connectivity index (χ0n) is 10.4. The van der Waals surface area contributed by atoms with Gasteiger partial charge in [0.1, 0.15) is 10.7 Å². The first-order valence-corrected chi connectivity index (χ1v) is 6.77. The van der Waals surface area contributed by atoms with Crippen molar-refractivity contribution in [3.63, 3.8) is 0 Å². The smallest absolute Gasteiger partial charge is 0.259 e. The van der Waals surface area contributed by atoms with Crippen LogP contribution in [0.2, 0.25) is 0 Å². The molecule has 0 radical (unpaired) electrons. The Morgan fingerprint density at radius 3 is 2.94 bits per heavy atom. The third-order valence-electron chi connectivity index (χ3n) is 3.28. The Morgan fingerprint density at radius 1 is 1.50 bits per heavy atom. The highest BCUT2D eigenvalue weighted by Gasteiger charge is 2.18. The summed E-state index contributed by atoms with van der Waals surface area (Å²) in [5, 5.41) is 4.03. The van der Waals surface area contributed by atoms with Gasteiger partial charge in [0.2, 0.25) is 0 Å². The van der Waals surface area contributed by atoms with Crippen LogP contribution in [0.5, 0.6) is 0 Å². The third-order valence-corrected chi connectivity index (χ3v) is 4.39. The Hall–Kier alpha value is -1.24. The average Bonchev–Trinajstić information content (AvgIpc) is 2.53. The first kappa shape index (κ1) is 11.8. The van der Waals surface area contributed by atoms with E-state index < -0.39 is 0 Å². The number of nitrogens with one attached hydrogen (secondary N) is 2. The first-order chi connectivity index (χ1) is 8.65. The number of hydrogen-bond donors (Lipinski definition) is 2. The van der Waals surface area contributed by atoms with Crippen LogP contribution in [0.1, 0.15) is 16.3 Å². The minimum absolute atomic E-state index is 0.0384. The van der Waals surface area contributed by atoms with Gasteiger partial charge in [0, 0.05) is 4.88 Å². The molecule has 5 nitrogen and oxygen atoms in total. The normalized spacial score (nSPS) is 16.1. The van der Waals surface area contributed by atoms with Crippen LogP contribution in [0.15, 0.2) is 4.79 Å². The maximum absolute atomic E-state index is 12.0. The molecule has 0 unspecified atom stereocenters. The molecule has 0 aliphatic carbocycles. The number of aromatic amines is 1. The SMILES string of the molecule is Cc1sc2nc(CNC3COC3)[nH]c(=O)c2c1C. The largest absolute Gasteiger partial charge is 0.378 e. The van der Waals surface area contributed by atoms with Crippen molar-refractivity contribution in [1.82, 2.24) is 15.3 Å². The Bertz CT molecular complexity index is 643. The van der Waals surface area contributed by atoms with Crippen molar-refractivity contribution >= 4 is 21.6 Å². The number of nitrogens with zero attached hydrogens (tertiary/aromatic N) is 1. The summed E-state index contributed by atoms with van der Waals surface area (Å²) < 4.78 is 5.08. The van der Waals surface area contributed by atoms with Gasteiger partial charge >= 0.3 is 0 Å². The van der Waals surface area contributed by atoms with E-state index in [1.165, 1.54) is 0 Å². The van der Waals surface area contributed by atoms with Gasteiger partial charge in [-0.25, -0.2) is 4.98 Å². The van der Waals surface area contributed by atoms with E-state index in [2.05, 4.69) is 15.3 Å². The van der Waals surface area contributed by atoms with Crippen molar-refractivity contribution in [3.8, 4) is 0 Å². The van der Waals surface area contributed by atoms with Gasteiger partial charge in [-0.2, -0.15) is 0 Å². The van der Waals surface area contributed by atoms with Gasteiger partial charge in [-0.05, 0) is 19.4 Å². The topological polar surface area (TPSA) is 67.0 Å². The number of thiophene rings is 1. The summed E-state index contributed by atoms with van der Waals surface area (Å²) in [5.41, 5.74) is 0.999. The number of rotatable bonds is 3. The van der Waals surface area contributed by atoms with Gasteiger partial charge in [0.15, 0.2) is 0 Å². The second-order valence-corrected chi connectivity index (χ2v) is 5.79. The molecule has 96 valence electrons. The lowest BCUT2D eigenvalue weighted by atomic mass is 10.2. The van der Waals surface area contributed by atoms with Gasteiger partial charge in [-0.3, -0.25) is 4.79 Å². The van der Waals surface area contributed by atoms with Crippen LogP contribution < -0.4 is 10.9 Å². The lowest BCUT2D eigenvalue weighted by Crippen LogP contribution is -2.45. The van der Waals surface area contributed by atoms with Crippen molar-refractivity contribution in [3.05, 3.63) is 26.6 Å². The fraction of sp³-hybridized carbons (Fsp3) is 0.500. The van der Waals surface area contributed by atoms with Crippen LogP contribution in [0.3, 0.4) is 0 Å². The minimum Gasteiger partial charge on any atom is -0.378 e. The molecule has 1 aliphatic heterocycles. The monoisotopic (exact) mass is 265 g/mol. The highest BCUT2D eigenvalue weighted by Crippen LogP contribution is 2.25. The molecule has 0 spiro atoms. The fourth-order valence-electron chi connectivity index (χ4n) is 1.98. The highest BCUT2D eigenvalue weighted by atomic mass is 32.1. The van der Waals surface area contributed by atoms with Crippen molar-refractivity contribution in [1.29, 1.82) is 0 Å². The molecule has 6 heteroatoms. The van der Waals surface area contributed by atoms with Crippen LogP contribution in [-0.4, -0.2) is 29.2 Å². The van der Waals surface area contributed by atoms with Crippen LogP contribution >= 0.6 is 11.3 Å². The van der Waals surface area contributed by atoms with Crippen molar-refractivity contribution in [2.75, 3.05) is 13.2 Å². The van der Waals surface area contributed by atoms with E-state index >= 15 is 0 Å². The van der Waals surface area contributed by atoms with Crippen molar-refractivity contribution in [2.45, 2.75) is 26.4 Å². The quantitative estimate of drug-likeness (QED) is 0.872. The highest BCUT2D eigenvalue weighted by molar-refractivity contribution is 7.18. The molecule has 3 rings (SSSR count). The summed E-state index contributed by atoms with van der Waals surface area (Å²) in [6.07, 6.45) is 0. The van der Waals surface area contributed by atoms with E-state index in [1.54, 1.807) is 11.3 Å². The van der Waals surface area contributed by atoms with Gasteiger partial charge in [-0.1, -0.05) is 0 Å². The van der Waals surface area contributed by atoms with Gasteiger partial charge in [0.05, 0.1) is 31.2 Å². The second-order valence-electron chi connectivity index (χ2n) is 4.59. The molecule has 0 amide bonds.